The molecule has 0 heterocycles. The molecule has 1 aromatic rings. The second-order valence-electron chi connectivity index (χ2n) is 4.35. The summed E-state index contributed by atoms with van der Waals surface area (Å²) in [6, 6.07) is 6.28. The quantitative estimate of drug-likeness (QED) is 0.758. The average molecular weight is 253 g/mol. The minimum absolute atomic E-state index is 0.0166. The number of nitrogens with one attached hydrogen (secondary N) is 1. The number of rotatable bonds is 7. The van der Waals surface area contributed by atoms with Gasteiger partial charge in [-0.25, -0.2) is 4.39 Å². The second-order valence-corrected chi connectivity index (χ2v) is 4.35. The topological polar surface area (TPSA) is 38.3 Å². The third-order valence-electron chi connectivity index (χ3n) is 2.78. The van der Waals surface area contributed by atoms with E-state index in [1.165, 1.54) is 12.1 Å². The van der Waals surface area contributed by atoms with E-state index in [4.69, 9.17) is 4.74 Å². The summed E-state index contributed by atoms with van der Waals surface area (Å²) >= 11 is 0. The number of hydrogen-bond donors (Lipinski definition) is 1. The normalized spacial score (nSPS) is 12.2. The van der Waals surface area contributed by atoms with Gasteiger partial charge in [-0.05, 0) is 30.0 Å². The highest BCUT2D eigenvalue weighted by molar-refractivity contribution is 5.76. The Balaban J connectivity index is 2.33. The monoisotopic (exact) mass is 253 g/mol. The Labute approximate surface area is 107 Å². The Bertz CT molecular complexity index is 365. The third kappa shape index (κ3) is 5.27. The number of carbonyl (C=O) groups excluding carboxylic acids is 1. The van der Waals surface area contributed by atoms with Crippen LogP contribution in [0.2, 0.25) is 0 Å². The number of benzene rings is 1. The van der Waals surface area contributed by atoms with Gasteiger partial charge in [0.25, 0.3) is 0 Å². The van der Waals surface area contributed by atoms with E-state index in [-0.39, 0.29) is 17.6 Å². The van der Waals surface area contributed by atoms with E-state index in [1.54, 1.807) is 19.2 Å². The first-order valence-corrected chi connectivity index (χ1v) is 6.14. The van der Waals surface area contributed by atoms with Crippen molar-refractivity contribution in [2.45, 2.75) is 25.7 Å². The smallest absolute Gasteiger partial charge is 0.220 e. The predicted molar refractivity (Wildman–Crippen MR) is 68.9 cm³/mol. The minimum Gasteiger partial charge on any atom is -0.385 e. The number of hydrogen-bond acceptors (Lipinski definition) is 2. The number of amides is 1. The molecule has 100 valence electrons. The molecule has 1 amide bonds. The van der Waals surface area contributed by atoms with Crippen LogP contribution >= 0.6 is 0 Å². The molecule has 1 aromatic carbocycles. The molecule has 1 N–H and O–H groups in total. The minimum atomic E-state index is -0.255. The van der Waals surface area contributed by atoms with E-state index < -0.39 is 0 Å². The van der Waals surface area contributed by atoms with Crippen LogP contribution in [0, 0.1) is 5.82 Å². The first kappa shape index (κ1) is 14.6. The lowest BCUT2D eigenvalue weighted by Gasteiger charge is -2.12. The number of methoxy groups -OCH3 is 1. The van der Waals surface area contributed by atoms with Crippen molar-refractivity contribution in [2.75, 3.05) is 20.3 Å². The van der Waals surface area contributed by atoms with Gasteiger partial charge in [0.1, 0.15) is 5.82 Å². The highest BCUT2D eigenvalue weighted by Crippen LogP contribution is 2.18. The molecule has 0 aromatic heterocycles. The van der Waals surface area contributed by atoms with Gasteiger partial charge in [-0.1, -0.05) is 19.1 Å². The molecule has 1 rings (SSSR count). The first-order valence-electron chi connectivity index (χ1n) is 6.14. The van der Waals surface area contributed by atoms with Gasteiger partial charge >= 0.3 is 0 Å². The first-order chi connectivity index (χ1) is 8.63. The molecule has 0 spiro atoms. The number of halogens is 1. The molecule has 0 saturated heterocycles. The maximum absolute atomic E-state index is 12.8. The largest absolute Gasteiger partial charge is 0.385 e. The van der Waals surface area contributed by atoms with E-state index in [2.05, 4.69) is 5.32 Å². The average Bonchev–Trinajstić information content (AvgIpc) is 2.35. The lowest BCUT2D eigenvalue weighted by atomic mass is 9.97. The molecule has 1 atom stereocenters. The third-order valence-corrected chi connectivity index (χ3v) is 2.78. The van der Waals surface area contributed by atoms with Gasteiger partial charge < -0.3 is 10.1 Å². The van der Waals surface area contributed by atoms with E-state index in [0.29, 0.717) is 19.6 Å². The van der Waals surface area contributed by atoms with Crippen LogP contribution in [0.1, 0.15) is 31.2 Å². The maximum atomic E-state index is 12.8. The van der Waals surface area contributed by atoms with Crippen molar-refractivity contribution in [3.05, 3.63) is 35.6 Å². The van der Waals surface area contributed by atoms with Gasteiger partial charge in [0.15, 0.2) is 0 Å². The van der Waals surface area contributed by atoms with Crippen LogP contribution in [0.3, 0.4) is 0 Å². The van der Waals surface area contributed by atoms with Gasteiger partial charge in [-0.3, -0.25) is 4.79 Å². The SMILES string of the molecule is COCCCNC(=O)CC(C)c1ccc(F)cc1. The zero-order valence-electron chi connectivity index (χ0n) is 10.9. The standard InChI is InChI=1S/C14H20FNO2/c1-11(12-4-6-13(15)7-5-12)10-14(17)16-8-3-9-18-2/h4-7,11H,3,8-10H2,1-2H3,(H,16,17). The summed E-state index contributed by atoms with van der Waals surface area (Å²) in [5.41, 5.74) is 0.975. The van der Waals surface area contributed by atoms with Crippen LogP contribution in [0.5, 0.6) is 0 Å². The highest BCUT2D eigenvalue weighted by atomic mass is 19.1. The van der Waals surface area contributed by atoms with E-state index in [0.717, 1.165) is 12.0 Å². The van der Waals surface area contributed by atoms with Crippen molar-refractivity contribution >= 4 is 5.91 Å². The Morgan fingerprint density at radius 1 is 1.39 bits per heavy atom. The van der Waals surface area contributed by atoms with Crippen LogP contribution < -0.4 is 5.32 Å². The lowest BCUT2D eigenvalue weighted by molar-refractivity contribution is -0.121. The van der Waals surface area contributed by atoms with E-state index in [9.17, 15) is 9.18 Å². The number of ether oxygens (including phenoxy) is 1. The summed E-state index contributed by atoms with van der Waals surface area (Å²) in [5, 5.41) is 2.84. The van der Waals surface area contributed by atoms with Crippen molar-refractivity contribution in [1.29, 1.82) is 0 Å². The van der Waals surface area contributed by atoms with Crippen molar-refractivity contribution in [3.8, 4) is 0 Å². The zero-order chi connectivity index (χ0) is 13.4. The molecule has 0 radical (unpaired) electrons. The molecule has 0 aliphatic heterocycles. The van der Waals surface area contributed by atoms with Gasteiger partial charge in [-0.2, -0.15) is 0 Å². The van der Waals surface area contributed by atoms with Crippen molar-refractivity contribution < 1.29 is 13.9 Å². The summed E-state index contributed by atoms with van der Waals surface area (Å²) in [4.78, 5) is 11.6. The summed E-state index contributed by atoms with van der Waals surface area (Å²) in [7, 11) is 1.64. The summed E-state index contributed by atoms with van der Waals surface area (Å²) in [5.74, 6) is -0.147. The molecule has 0 fully saturated rings. The van der Waals surface area contributed by atoms with Crippen LogP contribution in [0.4, 0.5) is 4.39 Å². The molecule has 0 aliphatic rings. The fourth-order valence-corrected chi connectivity index (χ4v) is 1.70. The molecule has 0 saturated carbocycles. The molecule has 1 unspecified atom stereocenters. The fraction of sp³-hybridized carbons (Fsp3) is 0.500. The Hall–Kier alpha value is -1.42. The Morgan fingerprint density at radius 3 is 2.67 bits per heavy atom. The lowest BCUT2D eigenvalue weighted by Crippen LogP contribution is -2.26. The van der Waals surface area contributed by atoms with Crippen LogP contribution in [0.25, 0.3) is 0 Å². The highest BCUT2D eigenvalue weighted by Gasteiger charge is 2.10. The Morgan fingerprint density at radius 2 is 2.06 bits per heavy atom. The molecule has 0 aliphatic carbocycles. The van der Waals surface area contributed by atoms with Gasteiger partial charge in [0, 0.05) is 26.7 Å². The molecule has 4 heteroatoms. The predicted octanol–water partition coefficient (Wildman–Crippen LogP) is 2.47. The summed E-state index contributed by atoms with van der Waals surface area (Å²) < 4.78 is 17.7. The second kappa shape index (κ2) is 7.82. The van der Waals surface area contributed by atoms with Crippen molar-refractivity contribution in [1.82, 2.24) is 5.32 Å². The summed E-state index contributed by atoms with van der Waals surface area (Å²) in [6.45, 7) is 3.23. The van der Waals surface area contributed by atoms with Crippen LogP contribution in [-0.4, -0.2) is 26.2 Å². The molecular formula is C14H20FNO2. The van der Waals surface area contributed by atoms with Gasteiger partial charge in [0.2, 0.25) is 5.91 Å². The molecule has 3 nitrogen and oxygen atoms in total. The van der Waals surface area contributed by atoms with Gasteiger partial charge in [-0.15, -0.1) is 0 Å². The Kier molecular flexibility index (Phi) is 6.36. The van der Waals surface area contributed by atoms with Gasteiger partial charge in [0.05, 0.1) is 0 Å². The van der Waals surface area contributed by atoms with E-state index in [1.807, 2.05) is 6.92 Å². The van der Waals surface area contributed by atoms with Crippen molar-refractivity contribution in [2.24, 2.45) is 0 Å². The van der Waals surface area contributed by atoms with E-state index >= 15 is 0 Å². The molecule has 18 heavy (non-hydrogen) atoms. The van der Waals surface area contributed by atoms with Crippen LogP contribution in [-0.2, 0) is 9.53 Å². The zero-order valence-corrected chi connectivity index (χ0v) is 10.9. The maximum Gasteiger partial charge on any atom is 0.220 e. The number of carbonyl (C=O) groups is 1. The molecular weight excluding hydrogens is 233 g/mol. The van der Waals surface area contributed by atoms with Crippen molar-refractivity contribution in [3.63, 3.8) is 0 Å². The fourth-order valence-electron chi connectivity index (χ4n) is 1.70. The molecule has 0 bridgehead atoms. The van der Waals surface area contributed by atoms with Crippen LogP contribution in [0.15, 0.2) is 24.3 Å². The summed E-state index contributed by atoms with van der Waals surface area (Å²) in [6.07, 6.45) is 1.23.